The first kappa shape index (κ1) is 11.9. The van der Waals surface area contributed by atoms with Crippen LogP contribution >= 0.6 is 11.6 Å². The molecule has 2 aromatic rings. The monoisotopic (exact) mass is 250 g/mol. The Hall–Kier alpha value is -1.54. The molecule has 0 atom stereocenters. The molecule has 2 aromatic carbocycles. The smallest absolute Gasteiger partial charge is 0.142 e. The molecule has 0 saturated carbocycles. The lowest BCUT2D eigenvalue weighted by molar-refractivity contribution is 0.305. The fourth-order valence-electron chi connectivity index (χ4n) is 1.50. The van der Waals surface area contributed by atoms with Crippen molar-refractivity contribution in [3.05, 3.63) is 64.4 Å². The lowest BCUT2D eigenvalue weighted by atomic mass is 10.2. The van der Waals surface area contributed by atoms with Crippen LogP contribution in [0.2, 0.25) is 5.02 Å². The van der Waals surface area contributed by atoms with E-state index in [0.29, 0.717) is 6.61 Å². The van der Waals surface area contributed by atoms with Crippen molar-refractivity contribution in [3.63, 3.8) is 0 Å². The second-order valence-electron chi connectivity index (χ2n) is 3.85. The maximum atomic E-state index is 13.2. The highest BCUT2D eigenvalue weighted by Crippen LogP contribution is 2.18. The van der Waals surface area contributed by atoms with Gasteiger partial charge in [-0.1, -0.05) is 29.8 Å². The summed E-state index contributed by atoms with van der Waals surface area (Å²) in [6.07, 6.45) is 0. The van der Waals surface area contributed by atoms with E-state index in [1.165, 1.54) is 12.1 Å². The van der Waals surface area contributed by atoms with Gasteiger partial charge in [0.1, 0.15) is 18.2 Å². The molecule has 0 N–H and O–H groups in total. The van der Waals surface area contributed by atoms with Crippen LogP contribution in [0, 0.1) is 12.7 Å². The van der Waals surface area contributed by atoms with Crippen LogP contribution in [-0.2, 0) is 6.61 Å². The van der Waals surface area contributed by atoms with Gasteiger partial charge in [-0.15, -0.1) is 0 Å². The molecule has 0 aliphatic carbocycles. The average molecular weight is 251 g/mol. The van der Waals surface area contributed by atoms with Crippen LogP contribution < -0.4 is 4.74 Å². The molecule has 2 rings (SSSR count). The minimum absolute atomic E-state index is 0.129. The van der Waals surface area contributed by atoms with Gasteiger partial charge in [0.25, 0.3) is 0 Å². The molecule has 17 heavy (non-hydrogen) atoms. The maximum Gasteiger partial charge on any atom is 0.142 e. The Bertz CT molecular complexity index is 525. The summed E-state index contributed by atoms with van der Waals surface area (Å²) in [7, 11) is 0. The third-order valence-electron chi connectivity index (χ3n) is 2.38. The Balaban J connectivity index is 2.05. The molecule has 0 radical (unpaired) electrons. The first-order chi connectivity index (χ1) is 8.15. The SMILES string of the molecule is Cc1cccc(OCc2ccc(Cl)c(F)c2)c1. The molecule has 1 nitrogen and oxygen atoms in total. The summed E-state index contributed by atoms with van der Waals surface area (Å²) in [6.45, 7) is 2.33. The normalized spacial score (nSPS) is 10.3. The van der Waals surface area contributed by atoms with Crippen molar-refractivity contribution in [2.45, 2.75) is 13.5 Å². The number of halogens is 2. The van der Waals surface area contributed by atoms with E-state index in [1.54, 1.807) is 6.07 Å². The highest BCUT2D eigenvalue weighted by atomic mass is 35.5. The quantitative estimate of drug-likeness (QED) is 0.786. The fraction of sp³-hybridized carbons (Fsp3) is 0.143. The van der Waals surface area contributed by atoms with Crippen molar-refractivity contribution in [3.8, 4) is 5.75 Å². The van der Waals surface area contributed by atoms with Crippen molar-refractivity contribution < 1.29 is 9.13 Å². The van der Waals surface area contributed by atoms with Crippen LogP contribution in [0.3, 0.4) is 0 Å². The summed E-state index contributed by atoms with van der Waals surface area (Å²) in [6, 6.07) is 12.4. The lowest BCUT2D eigenvalue weighted by Gasteiger charge is -2.07. The van der Waals surface area contributed by atoms with Crippen molar-refractivity contribution in [2.75, 3.05) is 0 Å². The Morgan fingerprint density at radius 2 is 2.00 bits per heavy atom. The number of ether oxygens (including phenoxy) is 1. The summed E-state index contributed by atoms with van der Waals surface area (Å²) in [4.78, 5) is 0. The van der Waals surface area contributed by atoms with Gasteiger partial charge in [-0.25, -0.2) is 4.39 Å². The molecule has 0 aliphatic heterocycles. The van der Waals surface area contributed by atoms with Gasteiger partial charge in [0.15, 0.2) is 0 Å². The van der Waals surface area contributed by atoms with Crippen LogP contribution in [0.25, 0.3) is 0 Å². The second kappa shape index (κ2) is 5.19. The van der Waals surface area contributed by atoms with Crippen molar-refractivity contribution >= 4 is 11.6 Å². The van der Waals surface area contributed by atoms with E-state index >= 15 is 0 Å². The van der Waals surface area contributed by atoms with Gasteiger partial charge in [0.2, 0.25) is 0 Å². The van der Waals surface area contributed by atoms with Crippen LogP contribution in [0.15, 0.2) is 42.5 Å². The predicted octanol–water partition coefficient (Wildman–Crippen LogP) is 4.37. The lowest BCUT2D eigenvalue weighted by Crippen LogP contribution is -1.96. The van der Waals surface area contributed by atoms with Gasteiger partial charge >= 0.3 is 0 Å². The van der Waals surface area contributed by atoms with Crippen molar-refractivity contribution in [2.24, 2.45) is 0 Å². The molecular weight excluding hydrogens is 239 g/mol. The summed E-state index contributed by atoms with van der Waals surface area (Å²) in [5.74, 6) is 0.359. The number of hydrogen-bond donors (Lipinski definition) is 0. The predicted molar refractivity (Wildman–Crippen MR) is 66.9 cm³/mol. The minimum atomic E-state index is -0.419. The van der Waals surface area contributed by atoms with E-state index in [4.69, 9.17) is 16.3 Å². The molecule has 0 heterocycles. The van der Waals surface area contributed by atoms with Gasteiger partial charge < -0.3 is 4.74 Å². The van der Waals surface area contributed by atoms with E-state index in [-0.39, 0.29) is 5.02 Å². The topological polar surface area (TPSA) is 9.23 Å². The summed E-state index contributed by atoms with van der Waals surface area (Å²) < 4.78 is 18.7. The molecule has 88 valence electrons. The Kier molecular flexibility index (Phi) is 3.64. The molecule has 0 fully saturated rings. The third-order valence-corrected chi connectivity index (χ3v) is 2.69. The van der Waals surface area contributed by atoms with E-state index < -0.39 is 5.82 Å². The standard InChI is InChI=1S/C14H12ClFO/c1-10-3-2-4-12(7-10)17-9-11-5-6-13(15)14(16)8-11/h2-8H,9H2,1H3. The zero-order chi connectivity index (χ0) is 12.3. The summed E-state index contributed by atoms with van der Waals surface area (Å²) in [5, 5.41) is 0.129. The molecule has 3 heteroatoms. The van der Waals surface area contributed by atoms with Crippen molar-refractivity contribution in [1.29, 1.82) is 0 Å². The van der Waals surface area contributed by atoms with E-state index in [9.17, 15) is 4.39 Å². The molecule has 0 amide bonds. The van der Waals surface area contributed by atoms with Gasteiger partial charge in [0, 0.05) is 0 Å². The minimum Gasteiger partial charge on any atom is -0.489 e. The molecular formula is C14H12ClFO. The number of aryl methyl sites for hydroxylation is 1. The fourth-order valence-corrected chi connectivity index (χ4v) is 1.62. The zero-order valence-electron chi connectivity index (χ0n) is 9.41. The molecule has 0 unspecified atom stereocenters. The molecule has 0 spiro atoms. The second-order valence-corrected chi connectivity index (χ2v) is 4.26. The van der Waals surface area contributed by atoms with Crippen LogP contribution in [0.1, 0.15) is 11.1 Å². The van der Waals surface area contributed by atoms with Crippen LogP contribution in [0.5, 0.6) is 5.75 Å². The highest BCUT2D eigenvalue weighted by Gasteiger charge is 2.02. The van der Waals surface area contributed by atoms with Gasteiger partial charge in [-0.2, -0.15) is 0 Å². The first-order valence-electron chi connectivity index (χ1n) is 5.28. The Morgan fingerprint density at radius 1 is 1.18 bits per heavy atom. The van der Waals surface area contributed by atoms with Gasteiger partial charge in [-0.3, -0.25) is 0 Å². The van der Waals surface area contributed by atoms with Crippen LogP contribution in [0.4, 0.5) is 4.39 Å². The van der Waals surface area contributed by atoms with E-state index in [1.807, 2.05) is 31.2 Å². The molecule has 0 aliphatic rings. The number of benzene rings is 2. The number of rotatable bonds is 3. The highest BCUT2D eigenvalue weighted by molar-refractivity contribution is 6.30. The summed E-state index contributed by atoms with van der Waals surface area (Å²) >= 11 is 5.60. The molecule has 0 bridgehead atoms. The Labute approximate surface area is 105 Å². The third kappa shape index (κ3) is 3.21. The first-order valence-corrected chi connectivity index (χ1v) is 5.66. The van der Waals surface area contributed by atoms with Crippen LogP contribution in [-0.4, -0.2) is 0 Å². The van der Waals surface area contributed by atoms with E-state index in [0.717, 1.165) is 16.9 Å². The van der Waals surface area contributed by atoms with E-state index in [2.05, 4.69) is 0 Å². The maximum absolute atomic E-state index is 13.2. The summed E-state index contributed by atoms with van der Waals surface area (Å²) in [5.41, 5.74) is 1.89. The molecule has 0 aromatic heterocycles. The zero-order valence-corrected chi connectivity index (χ0v) is 10.2. The van der Waals surface area contributed by atoms with Gasteiger partial charge in [-0.05, 0) is 42.3 Å². The van der Waals surface area contributed by atoms with Gasteiger partial charge in [0.05, 0.1) is 5.02 Å². The molecule has 0 saturated heterocycles. The Morgan fingerprint density at radius 3 is 2.71 bits per heavy atom. The largest absolute Gasteiger partial charge is 0.489 e. The average Bonchev–Trinajstić information content (AvgIpc) is 2.31. The number of hydrogen-bond acceptors (Lipinski definition) is 1. The van der Waals surface area contributed by atoms with Crippen molar-refractivity contribution in [1.82, 2.24) is 0 Å².